The number of carbonyl (C=O) groups is 4. The maximum Gasteiger partial charge on any atom is 0.306 e. The highest BCUT2D eigenvalue weighted by Crippen LogP contribution is 2.66. The van der Waals surface area contributed by atoms with E-state index in [0.717, 1.165) is 24.0 Å². The second-order valence-corrected chi connectivity index (χ2v) is 11.9. The molecule has 0 amide bonds. The minimum Gasteiger partial charge on any atom is -0.458 e. The summed E-state index contributed by atoms with van der Waals surface area (Å²) in [6.07, 6.45) is 6.28. The van der Waals surface area contributed by atoms with E-state index in [1.165, 1.54) is 0 Å². The van der Waals surface area contributed by atoms with Gasteiger partial charge in [-0.2, -0.15) is 0 Å². The molecular formula is C30H36O6. The zero-order valence-electron chi connectivity index (χ0n) is 21.3. The number of hydrogen-bond acceptors (Lipinski definition) is 6. The summed E-state index contributed by atoms with van der Waals surface area (Å²) < 4.78 is 5.29. The molecule has 1 N–H and O–H groups in total. The van der Waals surface area contributed by atoms with E-state index in [1.54, 1.807) is 6.08 Å². The Labute approximate surface area is 212 Å². The summed E-state index contributed by atoms with van der Waals surface area (Å²) in [7, 11) is 0. The van der Waals surface area contributed by atoms with E-state index in [0.29, 0.717) is 25.7 Å². The number of ether oxygens (including phenoxy) is 1. The Morgan fingerprint density at radius 1 is 1.06 bits per heavy atom. The van der Waals surface area contributed by atoms with E-state index in [-0.39, 0.29) is 54.0 Å². The second kappa shape index (κ2) is 9.05. The van der Waals surface area contributed by atoms with Crippen LogP contribution in [0.25, 0.3) is 0 Å². The van der Waals surface area contributed by atoms with Crippen molar-refractivity contribution in [1.29, 1.82) is 0 Å². The van der Waals surface area contributed by atoms with Gasteiger partial charge in [0, 0.05) is 30.6 Å². The lowest BCUT2D eigenvalue weighted by molar-refractivity contribution is -0.173. The molecule has 4 aliphatic rings. The first-order chi connectivity index (χ1) is 17.1. The Balaban J connectivity index is 1.28. The third-order valence-corrected chi connectivity index (χ3v) is 10.1. The van der Waals surface area contributed by atoms with Crippen molar-refractivity contribution >= 4 is 23.3 Å². The number of Topliss-reactive ketones (excluding diaryl/α,β-unsaturated/α-hetero) is 2. The zero-order chi connectivity index (χ0) is 25.7. The van der Waals surface area contributed by atoms with Gasteiger partial charge in [0.1, 0.15) is 11.4 Å². The summed E-state index contributed by atoms with van der Waals surface area (Å²) in [6.45, 7) is 3.54. The van der Waals surface area contributed by atoms with Gasteiger partial charge < -0.3 is 9.84 Å². The summed E-state index contributed by atoms with van der Waals surface area (Å²) in [5.41, 5.74) is -0.752. The van der Waals surface area contributed by atoms with Crippen molar-refractivity contribution in [3.63, 3.8) is 0 Å². The van der Waals surface area contributed by atoms with E-state index >= 15 is 0 Å². The lowest BCUT2D eigenvalue weighted by Gasteiger charge is -2.57. The number of aliphatic hydroxyl groups is 1. The Morgan fingerprint density at radius 3 is 2.56 bits per heavy atom. The molecule has 0 heterocycles. The van der Waals surface area contributed by atoms with Crippen molar-refractivity contribution in [2.75, 3.05) is 6.61 Å². The van der Waals surface area contributed by atoms with Crippen molar-refractivity contribution in [2.24, 2.45) is 28.6 Å². The molecule has 5 rings (SSSR count). The molecule has 3 saturated carbocycles. The molecule has 0 bridgehead atoms. The van der Waals surface area contributed by atoms with Gasteiger partial charge in [0.05, 0.1) is 0 Å². The smallest absolute Gasteiger partial charge is 0.306 e. The number of fused-ring (bicyclic) bond motifs is 5. The lowest BCUT2D eigenvalue weighted by atomic mass is 9.46. The molecule has 6 heteroatoms. The van der Waals surface area contributed by atoms with E-state index in [4.69, 9.17) is 4.74 Å². The quantitative estimate of drug-likeness (QED) is 0.599. The maximum atomic E-state index is 13.7. The van der Waals surface area contributed by atoms with Crippen molar-refractivity contribution in [3.05, 3.63) is 47.5 Å². The molecule has 6 atom stereocenters. The van der Waals surface area contributed by atoms with Crippen LogP contribution in [0.1, 0.15) is 70.8 Å². The average molecular weight is 493 g/mol. The molecule has 0 aromatic heterocycles. The summed E-state index contributed by atoms with van der Waals surface area (Å²) in [5, 5.41) is 11.7. The van der Waals surface area contributed by atoms with Gasteiger partial charge >= 0.3 is 5.97 Å². The first-order valence-electron chi connectivity index (χ1n) is 13.3. The topological polar surface area (TPSA) is 97.7 Å². The lowest BCUT2D eigenvalue weighted by Crippen LogP contribution is -2.61. The van der Waals surface area contributed by atoms with E-state index in [2.05, 4.69) is 6.92 Å². The van der Waals surface area contributed by atoms with Crippen LogP contribution in [-0.2, 0) is 30.3 Å². The predicted molar refractivity (Wildman–Crippen MR) is 133 cm³/mol. The number of benzene rings is 1. The summed E-state index contributed by atoms with van der Waals surface area (Å²) in [5.74, 6) is -0.778. The van der Waals surface area contributed by atoms with Gasteiger partial charge in [0.2, 0.25) is 5.78 Å². The van der Waals surface area contributed by atoms with Crippen LogP contribution in [0.2, 0.25) is 0 Å². The average Bonchev–Trinajstić information content (AvgIpc) is 3.13. The van der Waals surface area contributed by atoms with E-state index in [1.807, 2.05) is 37.3 Å². The molecule has 4 aliphatic carbocycles. The van der Waals surface area contributed by atoms with Crippen molar-refractivity contribution < 1.29 is 29.0 Å². The van der Waals surface area contributed by atoms with Crippen molar-refractivity contribution in [3.8, 4) is 0 Å². The summed E-state index contributed by atoms with van der Waals surface area (Å²) in [4.78, 5) is 51.4. The third-order valence-electron chi connectivity index (χ3n) is 10.1. The van der Waals surface area contributed by atoms with Crippen molar-refractivity contribution in [1.82, 2.24) is 0 Å². The van der Waals surface area contributed by atoms with Gasteiger partial charge in [-0.05, 0) is 67.4 Å². The van der Waals surface area contributed by atoms with Gasteiger partial charge in [-0.25, -0.2) is 0 Å². The van der Waals surface area contributed by atoms with Crippen LogP contribution < -0.4 is 0 Å². The van der Waals surface area contributed by atoms with E-state index in [9.17, 15) is 24.3 Å². The fourth-order valence-corrected chi connectivity index (χ4v) is 8.07. The molecular weight excluding hydrogens is 456 g/mol. The standard InChI is InChI=1S/C30H36O6/c1-28-14-12-21(31)16-20(28)9-10-22-23-13-15-30(35,29(23,2)17-24(32)27(22)28)25(33)18-36-26(34)11-8-19-6-4-3-5-7-19/h3-7,16,22-23,27,35H,8-15,17-18H2,1-2H3/t22-,23-,27+,28-,29-,30-/m0/s1. The molecule has 1 aromatic carbocycles. The van der Waals surface area contributed by atoms with Crippen LogP contribution in [0, 0.1) is 28.6 Å². The Kier molecular flexibility index (Phi) is 6.30. The number of hydrogen-bond donors (Lipinski definition) is 1. The highest BCUT2D eigenvalue weighted by Gasteiger charge is 2.68. The molecule has 0 radical (unpaired) electrons. The van der Waals surface area contributed by atoms with Gasteiger partial charge in [-0.1, -0.05) is 49.8 Å². The molecule has 0 spiro atoms. The van der Waals surface area contributed by atoms with Crippen LogP contribution in [0.5, 0.6) is 0 Å². The predicted octanol–water partition coefficient (Wildman–Crippen LogP) is 4.17. The van der Waals surface area contributed by atoms with Crippen molar-refractivity contribution in [2.45, 2.75) is 77.2 Å². The van der Waals surface area contributed by atoms with Crippen LogP contribution in [0.15, 0.2) is 42.0 Å². The van der Waals surface area contributed by atoms with Crippen LogP contribution >= 0.6 is 0 Å². The van der Waals surface area contributed by atoms with Gasteiger partial charge in [-0.15, -0.1) is 0 Å². The molecule has 192 valence electrons. The minimum atomic E-state index is -1.68. The molecule has 6 nitrogen and oxygen atoms in total. The number of allylic oxidation sites excluding steroid dienone is 1. The Morgan fingerprint density at radius 2 is 1.81 bits per heavy atom. The molecule has 1 aromatic rings. The van der Waals surface area contributed by atoms with Gasteiger partial charge in [0.15, 0.2) is 12.4 Å². The fourth-order valence-electron chi connectivity index (χ4n) is 8.07. The Hall–Kier alpha value is -2.60. The summed E-state index contributed by atoms with van der Waals surface area (Å²) in [6, 6.07) is 9.59. The highest BCUT2D eigenvalue weighted by molar-refractivity contribution is 5.95. The summed E-state index contributed by atoms with van der Waals surface area (Å²) >= 11 is 0. The number of rotatable bonds is 6. The normalized spacial score (nSPS) is 37.4. The first kappa shape index (κ1) is 25.1. The second-order valence-electron chi connectivity index (χ2n) is 11.9. The molecule has 3 fully saturated rings. The van der Waals surface area contributed by atoms with Gasteiger partial charge in [0.25, 0.3) is 0 Å². The minimum absolute atomic E-state index is 0.0407. The first-order valence-corrected chi connectivity index (χ1v) is 13.3. The monoisotopic (exact) mass is 492 g/mol. The number of carbonyl (C=O) groups excluding carboxylic acids is 4. The largest absolute Gasteiger partial charge is 0.458 e. The van der Waals surface area contributed by atoms with E-state index < -0.39 is 29.4 Å². The van der Waals surface area contributed by atoms with Crippen LogP contribution in [0.4, 0.5) is 0 Å². The number of ketones is 3. The molecule has 0 saturated heterocycles. The number of aryl methyl sites for hydroxylation is 1. The maximum absolute atomic E-state index is 13.7. The van der Waals surface area contributed by atoms with Gasteiger partial charge in [-0.3, -0.25) is 19.2 Å². The SMILES string of the molecule is C[C@]12CCC(=O)C=C1CC[C@@H]1[C@@H]2C(=O)C[C@@]2(C)[C@H]1CC[C@]2(O)C(=O)COC(=O)CCc1ccccc1. The fraction of sp³-hybridized carbons (Fsp3) is 0.600. The zero-order valence-corrected chi connectivity index (χ0v) is 21.3. The third kappa shape index (κ3) is 3.89. The molecule has 0 unspecified atom stereocenters. The molecule has 0 aliphatic heterocycles. The highest BCUT2D eigenvalue weighted by atomic mass is 16.5. The number of esters is 1. The molecule has 36 heavy (non-hydrogen) atoms. The van der Waals surface area contributed by atoms with Crippen LogP contribution in [0.3, 0.4) is 0 Å². The van der Waals surface area contributed by atoms with Crippen LogP contribution in [-0.4, -0.2) is 40.6 Å². The Bertz CT molecular complexity index is 1120.